The predicted octanol–water partition coefficient (Wildman–Crippen LogP) is 2.13. The molecule has 1 heterocycles. The summed E-state index contributed by atoms with van der Waals surface area (Å²) in [4.78, 5) is 0. The van der Waals surface area contributed by atoms with Gasteiger partial charge in [0, 0.05) is 6.61 Å². The molecule has 9 heavy (non-hydrogen) atoms. The highest BCUT2D eigenvalue weighted by Crippen LogP contribution is 2.28. The monoisotopic (exact) mass is 126 g/mol. The second kappa shape index (κ2) is 2.53. The Bertz CT molecular complexity index is 101. The summed E-state index contributed by atoms with van der Waals surface area (Å²) in [5.74, 6) is 0. The van der Waals surface area contributed by atoms with Crippen molar-refractivity contribution in [1.29, 1.82) is 0 Å². The maximum Gasteiger partial charge on any atom is 0.0689 e. The van der Waals surface area contributed by atoms with Crippen LogP contribution in [0.2, 0.25) is 0 Å². The largest absolute Gasteiger partial charge is 0.375 e. The fourth-order valence-corrected chi connectivity index (χ4v) is 1.30. The zero-order valence-corrected chi connectivity index (χ0v) is 6.02. The van der Waals surface area contributed by atoms with Crippen LogP contribution in [-0.2, 0) is 4.74 Å². The van der Waals surface area contributed by atoms with E-state index >= 15 is 0 Å². The highest BCUT2D eigenvalue weighted by molar-refractivity contribution is 4.87. The number of ether oxygens (including phenoxy) is 1. The van der Waals surface area contributed by atoms with Gasteiger partial charge in [0.2, 0.25) is 0 Å². The molecule has 1 heteroatoms. The van der Waals surface area contributed by atoms with E-state index in [1.165, 1.54) is 12.8 Å². The van der Waals surface area contributed by atoms with E-state index in [0.29, 0.717) is 0 Å². The third-order valence-corrected chi connectivity index (χ3v) is 1.88. The fourth-order valence-electron chi connectivity index (χ4n) is 1.30. The molecule has 0 amide bonds. The van der Waals surface area contributed by atoms with Gasteiger partial charge < -0.3 is 4.74 Å². The Hall–Kier alpha value is -0.300. The maximum atomic E-state index is 5.51. The Morgan fingerprint density at radius 2 is 2.56 bits per heavy atom. The van der Waals surface area contributed by atoms with Crippen molar-refractivity contribution in [2.75, 3.05) is 6.61 Å². The van der Waals surface area contributed by atoms with Crippen LogP contribution in [0.15, 0.2) is 12.7 Å². The van der Waals surface area contributed by atoms with E-state index in [2.05, 4.69) is 13.5 Å². The van der Waals surface area contributed by atoms with E-state index in [1.807, 2.05) is 6.08 Å². The van der Waals surface area contributed by atoms with Crippen molar-refractivity contribution in [3.8, 4) is 0 Å². The molecule has 1 saturated heterocycles. The Balaban J connectivity index is 2.40. The zero-order valence-electron chi connectivity index (χ0n) is 6.02. The van der Waals surface area contributed by atoms with Gasteiger partial charge >= 0.3 is 0 Å². The molecule has 0 aliphatic carbocycles. The lowest BCUT2D eigenvalue weighted by molar-refractivity contribution is 0.0230. The lowest BCUT2D eigenvalue weighted by Gasteiger charge is -2.20. The highest BCUT2D eigenvalue weighted by atomic mass is 16.5. The first-order valence-electron chi connectivity index (χ1n) is 3.52. The van der Waals surface area contributed by atoms with E-state index in [0.717, 1.165) is 13.0 Å². The summed E-state index contributed by atoms with van der Waals surface area (Å²) < 4.78 is 5.51. The lowest BCUT2D eigenvalue weighted by Crippen LogP contribution is -2.21. The molecular weight excluding hydrogens is 112 g/mol. The number of hydrogen-bond donors (Lipinski definition) is 0. The molecule has 1 aliphatic heterocycles. The molecule has 0 N–H and O–H groups in total. The van der Waals surface area contributed by atoms with Crippen molar-refractivity contribution in [3.05, 3.63) is 12.7 Å². The van der Waals surface area contributed by atoms with Gasteiger partial charge in [-0.1, -0.05) is 6.08 Å². The molecule has 0 aromatic rings. The van der Waals surface area contributed by atoms with Gasteiger partial charge in [-0.15, -0.1) is 6.58 Å². The molecule has 1 nitrogen and oxygen atoms in total. The van der Waals surface area contributed by atoms with Crippen LogP contribution in [0.25, 0.3) is 0 Å². The summed E-state index contributed by atoms with van der Waals surface area (Å²) in [6.07, 6.45) is 5.34. The highest BCUT2D eigenvalue weighted by Gasteiger charge is 2.27. The molecule has 1 unspecified atom stereocenters. The molecule has 52 valence electrons. The first-order chi connectivity index (χ1) is 4.27. The van der Waals surface area contributed by atoms with Crippen molar-refractivity contribution < 1.29 is 4.74 Å². The van der Waals surface area contributed by atoms with Crippen molar-refractivity contribution in [3.63, 3.8) is 0 Å². The SMILES string of the molecule is C=CCC1(C)CCCO1. The second-order valence-corrected chi connectivity index (χ2v) is 2.89. The molecule has 1 aliphatic rings. The standard InChI is InChI=1S/C8H14O/c1-3-5-8(2)6-4-7-9-8/h3H,1,4-7H2,2H3. The fraction of sp³-hybridized carbons (Fsp3) is 0.750. The van der Waals surface area contributed by atoms with E-state index in [-0.39, 0.29) is 5.60 Å². The van der Waals surface area contributed by atoms with Crippen molar-refractivity contribution in [2.45, 2.75) is 31.8 Å². The number of rotatable bonds is 2. The smallest absolute Gasteiger partial charge is 0.0689 e. The molecule has 1 fully saturated rings. The average molecular weight is 126 g/mol. The molecule has 0 aromatic heterocycles. The lowest BCUT2D eigenvalue weighted by atomic mass is 9.99. The van der Waals surface area contributed by atoms with Crippen LogP contribution in [0.1, 0.15) is 26.2 Å². The molecular formula is C8H14O. The molecule has 1 rings (SSSR count). The molecule has 0 radical (unpaired) electrons. The quantitative estimate of drug-likeness (QED) is 0.515. The minimum atomic E-state index is 0.127. The summed E-state index contributed by atoms with van der Waals surface area (Å²) in [5.41, 5.74) is 0.127. The third-order valence-electron chi connectivity index (χ3n) is 1.88. The third kappa shape index (κ3) is 1.55. The van der Waals surface area contributed by atoms with Crippen LogP contribution >= 0.6 is 0 Å². The summed E-state index contributed by atoms with van der Waals surface area (Å²) >= 11 is 0. The molecule has 1 atom stereocenters. The van der Waals surface area contributed by atoms with Gasteiger partial charge in [-0.2, -0.15) is 0 Å². The predicted molar refractivity (Wildman–Crippen MR) is 38.4 cm³/mol. The Morgan fingerprint density at radius 1 is 1.78 bits per heavy atom. The van der Waals surface area contributed by atoms with Crippen LogP contribution in [0.4, 0.5) is 0 Å². The van der Waals surface area contributed by atoms with Crippen LogP contribution in [0, 0.1) is 0 Å². The van der Waals surface area contributed by atoms with Gasteiger partial charge in [0.15, 0.2) is 0 Å². The molecule has 0 aromatic carbocycles. The van der Waals surface area contributed by atoms with Crippen LogP contribution in [-0.4, -0.2) is 12.2 Å². The van der Waals surface area contributed by atoms with E-state index in [4.69, 9.17) is 4.74 Å². The Kier molecular flexibility index (Phi) is 1.91. The topological polar surface area (TPSA) is 9.23 Å². The van der Waals surface area contributed by atoms with Gasteiger partial charge in [-0.05, 0) is 26.2 Å². The van der Waals surface area contributed by atoms with Gasteiger partial charge in [0.05, 0.1) is 5.60 Å². The average Bonchev–Trinajstić information content (AvgIpc) is 2.16. The van der Waals surface area contributed by atoms with Crippen LogP contribution < -0.4 is 0 Å². The number of hydrogen-bond acceptors (Lipinski definition) is 1. The van der Waals surface area contributed by atoms with Gasteiger partial charge in [0.25, 0.3) is 0 Å². The Morgan fingerprint density at radius 3 is 3.00 bits per heavy atom. The van der Waals surface area contributed by atoms with Gasteiger partial charge in [-0.25, -0.2) is 0 Å². The first-order valence-corrected chi connectivity index (χ1v) is 3.52. The van der Waals surface area contributed by atoms with Crippen LogP contribution in [0.5, 0.6) is 0 Å². The molecule has 0 spiro atoms. The summed E-state index contributed by atoms with van der Waals surface area (Å²) in [6, 6.07) is 0. The second-order valence-electron chi connectivity index (χ2n) is 2.89. The van der Waals surface area contributed by atoms with Crippen molar-refractivity contribution in [2.24, 2.45) is 0 Å². The summed E-state index contributed by atoms with van der Waals surface area (Å²) in [5, 5.41) is 0. The molecule has 0 saturated carbocycles. The van der Waals surface area contributed by atoms with Gasteiger partial charge in [0.1, 0.15) is 0 Å². The van der Waals surface area contributed by atoms with Gasteiger partial charge in [-0.3, -0.25) is 0 Å². The van der Waals surface area contributed by atoms with Crippen molar-refractivity contribution in [1.82, 2.24) is 0 Å². The minimum Gasteiger partial charge on any atom is -0.375 e. The minimum absolute atomic E-state index is 0.127. The normalized spacial score (nSPS) is 34.8. The Labute approximate surface area is 56.7 Å². The summed E-state index contributed by atoms with van der Waals surface area (Å²) in [7, 11) is 0. The van der Waals surface area contributed by atoms with Crippen molar-refractivity contribution >= 4 is 0 Å². The van der Waals surface area contributed by atoms with E-state index < -0.39 is 0 Å². The zero-order chi connectivity index (χ0) is 6.74. The van der Waals surface area contributed by atoms with E-state index in [1.54, 1.807) is 0 Å². The first kappa shape index (κ1) is 6.81. The van der Waals surface area contributed by atoms with E-state index in [9.17, 15) is 0 Å². The summed E-state index contributed by atoms with van der Waals surface area (Å²) in [6.45, 7) is 6.78. The van der Waals surface area contributed by atoms with Crippen LogP contribution in [0.3, 0.4) is 0 Å². The molecule has 0 bridgehead atoms. The maximum absolute atomic E-state index is 5.51.